The van der Waals surface area contributed by atoms with Crippen molar-refractivity contribution < 1.29 is 9.21 Å². The topological polar surface area (TPSA) is 56.0 Å². The van der Waals surface area contributed by atoms with Crippen LogP contribution in [0.1, 0.15) is 47.5 Å². The summed E-state index contributed by atoms with van der Waals surface area (Å²) in [6.45, 7) is 2.18. The van der Waals surface area contributed by atoms with Crippen LogP contribution in [0.25, 0.3) is 11.5 Å². The van der Waals surface area contributed by atoms with Crippen molar-refractivity contribution in [1.82, 2.24) is 10.2 Å². The first-order chi connectivity index (χ1) is 11.8. The molecule has 0 saturated carbocycles. The lowest BCUT2D eigenvalue weighted by molar-refractivity contribution is 0.112. The molecule has 0 saturated heterocycles. The Labute approximate surface area is 141 Å². The summed E-state index contributed by atoms with van der Waals surface area (Å²) >= 11 is 0. The number of aromatic nitrogens is 2. The zero-order valence-electron chi connectivity index (χ0n) is 13.7. The van der Waals surface area contributed by atoms with E-state index in [4.69, 9.17) is 4.42 Å². The first kappa shape index (κ1) is 16.1. The minimum absolute atomic E-state index is 0.377. The van der Waals surface area contributed by atoms with E-state index in [0.29, 0.717) is 23.3 Å². The quantitative estimate of drug-likeness (QED) is 0.593. The number of hydrogen-bond donors (Lipinski definition) is 0. The van der Waals surface area contributed by atoms with E-state index >= 15 is 0 Å². The van der Waals surface area contributed by atoms with Crippen molar-refractivity contribution in [2.45, 2.75) is 32.1 Å². The van der Waals surface area contributed by atoms with Gasteiger partial charge in [-0.05, 0) is 30.0 Å². The normalized spacial score (nSPS) is 12.0. The third-order valence-electron chi connectivity index (χ3n) is 4.09. The minimum Gasteiger partial charge on any atom is -0.421 e. The van der Waals surface area contributed by atoms with Gasteiger partial charge in [0.2, 0.25) is 11.8 Å². The second kappa shape index (κ2) is 7.68. The third-order valence-corrected chi connectivity index (χ3v) is 4.09. The molecule has 3 aromatic rings. The van der Waals surface area contributed by atoms with Crippen LogP contribution in [0.15, 0.2) is 59.0 Å². The Balaban J connectivity index is 1.77. The second-order valence-corrected chi connectivity index (χ2v) is 5.84. The summed E-state index contributed by atoms with van der Waals surface area (Å²) in [6.07, 6.45) is 3.74. The number of rotatable bonds is 7. The van der Waals surface area contributed by atoms with Gasteiger partial charge in [-0.1, -0.05) is 55.8 Å². The molecule has 0 unspecified atom stereocenters. The predicted octanol–water partition coefficient (Wildman–Crippen LogP) is 4.68. The lowest BCUT2D eigenvalue weighted by Gasteiger charge is -2.14. The summed E-state index contributed by atoms with van der Waals surface area (Å²) < 4.78 is 5.83. The fraction of sp³-hybridized carbons (Fsp3) is 0.250. The largest absolute Gasteiger partial charge is 0.421 e. The molecule has 1 atom stereocenters. The molecular formula is C20H20N2O2. The van der Waals surface area contributed by atoms with Gasteiger partial charge in [0.05, 0.1) is 0 Å². The maximum absolute atomic E-state index is 10.7. The summed E-state index contributed by atoms with van der Waals surface area (Å²) in [5.41, 5.74) is 2.76. The van der Waals surface area contributed by atoms with Crippen LogP contribution in [-0.4, -0.2) is 16.5 Å². The summed E-state index contributed by atoms with van der Waals surface area (Å²) in [5.74, 6) is 1.51. The van der Waals surface area contributed by atoms with E-state index < -0.39 is 0 Å². The van der Waals surface area contributed by atoms with Gasteiger partial charge in [0.1, 0.15) is 6.29 Å². The van der Waals surface area contributed by atoms with Crippen molar-refractivity contribution in [2.24, 2.45) is 0 Å². The van der Waals surface area contributed by atoms with Gasteiger partial charge >= 0.3 is 0 Å². The molecule has 0 spiro atoms. The molecule has 0 radical (unpaired) electrons. The Kier molecular flexibility index (Phi) is 5.16. The number of nitrogens with zero attached hydrogens (tertiary/aromatic N) is 2. The van der Waals surface area contributed by atoms with Crippen molar-refractivity contribution in [3.8, 4) is 11.5 Å². The van der Waals surface area contributed by atoms with E-state index in [0.717, 1.165) is 31.1 Å². The molecule has 4 heteroatoms. The van der Waals surface area contributed by atoms with Crippen molar-refractivity contribution in [3.05, 3.63) is 71.6 Å². The number of aldehydes is 1. The summed E-state index contributed by atoms with van der Waals surface area (Å²) in [5, 5.41) is 8.34. The zero-order valence-corrected chi connectivity index (χ0v) is 13.7. The highest BCUT2D eigenvalue weighted by molar-refractivity contribution is 5.75. The van der Waals surface area contributed by atoms with E-state index in [-0.39, 0.29) is 0 Å². The molecule has 122 valence electrons. The number of hydrogen-bond acceptors (Lipinski definition) is 4. The van der Waals surface area contributed by atoms with Gasteiger partial charge in [0.15, 0.2) is 0 Å². The van der Waals surface area contributed by atoms with Crippen LogP contribution in [0, 0.1) is 0 Å². The van der Waals surface area contributed by atoms with Gasteiger partial charge in [0, 0.05) is 17.5 Å². The number of carbonyl (C=O) groups is 1. The van der Waals surface area contributed by atoms with E-state index in [1.165, 1.54) is 5.56 Å². The Morgan fingerprint density at radius 3 is 2.46 bits per heavy atom. The molecule has 0 amide bonds. The average Bonchev–Trinajstić information content (AvgIpc) is 3.11. The monoisotopic (exact) mass is 320 g/mol. The van der Waals surface area contributed by atoms with Crippen molar-refractivity contribution in [2.75, 3.05) is 0 Å². The molecule has 0 fully saturated rings. The van der Waals surface area contributed by atoms with Gasteiger partial charge in [-0.2, -0.15) is 0 Å². The molecular weight excluding hydrogens is 300 g/mol. The highest BCUT2D eigenvalue weighted by Crippen LogP contribution is 2.26. The zero-order chi connectivity index (χ0) is 16.8. The van der Waals surface area contributed by atoms with Crippen molar-refractivity contribution in [3.63, 3.8) is 0 Å². The maximum atomic E-state index is 10.7. The average molecular weight is 320 g/mol. The van der Waals surface area contributed by atoms with Crippen LogP contribution in [0.3, 0.4) is 0 Å². The highest BCUT2D eigenvalue weighted by Gasteiger charge is 2.16. The number of carbonyl (C=O) groups excluding carboxylic acids is 1. The van der Waals surface area contributed by atoms with Crippen LogP contribution in [-0.2, 0) is 6.42 Å². The fourth-order valence-electron chi connectivity index (χ4n) is 2.83. The van der Waals surface area contributed by atoms with Crippen molar-refractivity contribution in [1.29, 1.82) is 0 Å². The van der Waals surface area contributed by atoms with Crippen LogP contribution in [0.2, 0.25) is 0 Å². The summed E-state index contributed by atoms with van der Waals surface area (Å²) in [4.78, 5) is 10.7. The predicted molar refractivity (Wildman–Crippen MR) is 92.9 cm³/mol. The molecule has 0 N–H and O–H groups in total. The molecule has 0 aliphatic rings. The molecule has 0 aliphatic carbocycles. The van der Waals surface area contributed by atoms with Crippen LogP contribution >= 0.6 is 0 Å². The maximum Gasteiger partial charge on any atom is 0.247 e. The van der Waals surface area contributed by atoms with E-state index in [2.05, 4.69) is 41.4 Å². The van der Waals surface area contributed by atoms with Crippen LogP contribution in [0.4, 0.5) is 0 Å². The lowest BCUT2D eigenvalue weighted by atomic mass is 9.91. The van der Waals surface area contributed by atoms with Crippen LogP contribution in [0.5, 0.6) is 0 Å². The van der Waals surface area contributed by atoms with Gasteiger partial charge < -0.3 is 4.42 Å². The van der Waals surface area contributed by atoms with E-state index in [1.807, 2.05) is 18.2 Å². The second-order valence-electron chi connectivity index (χ2n) is 5.84. The SMILES string of the molecule is CCC[C@H](Cc1nnc(-c2ccc(C=O)cc2)o1)c1ccccc1. The Hall–Kier alpha value is -2.75. The molecule has 0 bridgehead atoms. The smallest absolute Gasteiger partial charge is 0.247 e. The minimum atomic E-state index is 0.377. The van der Waals surface area contributed by atoms with Gasteiger partial charge in [0.25, 0.3) is 0 Å². The standard InChI is InChI=1S/C20H20N2O2/c1-2-6-18(16-7-4-3-5-8-16)13-19-21-22-20(24-19)17-11-9-15(14-23)10-12-17/h3-5,7-12,14,18H,2,6,13H2,1H3/t18-/m1/s1. The summed E-state index contributed by atoms with van der Waals surface area (Å²) in [6, 6.07) is 17.6. The summed E-state index contributed by atoms with van der Waals surface area (Å²) in [7, 11) is 0. The molecule has 3 rings (SSSR count). The highest BCUT2D eigenvalue weighted by atomic mass is 16.4. The fourth-order valence-corrected chi connectivity index (χ4v) is 2.83. The van der Waals surface area contributed by atoms with Gasteiger partial charge in [-0.25, -0.2) is 0 Å². The van der Waals surface area contributed by atoms with Crippen LogP contribution < -0.4 is 0 Å². The molecule has 4 nitrogen and oxygen atoms in total. The first-order valence-corrected chi connectivity index (χ1v) is 8.23. The Morgan fingerprint density at radius 2 is 1.79 bits per heavy atom. The van der Waals surface area contributed by atoms with E-state index in [1.54, 1.807) is 12.1 Å². The number of benzene rings is 2. The Morgan fingerprint density at radius 1 is 1.04 bits per heavy atom. The molecule has 2 aromatic carbocycles. The molecule has 0 aliphatic heterocycles. The lowest BCUT2D eigenvalue weighted by Crippen LogP contribution is -2.03. The molecule has 24 heavy (non-hydrogen) atoms. The molecule has 1 heterocycles. The first-order valence-electron chi connectivity index (χ1n) is 8.23. The van der Waals surface area contributed by atoms with Gasteiger partial charge in [-0.3, -0.25) is 4.79 Å². The Bertz CT molecular complexity index is 779. The third kappa shape index (κ3) is 3.77. The van der Waals surface area contributed by atoms with Gasteiger partial charge in [-0.15, -0.1) is 10.2 Å². The van der Waals surface area contributed by atoms with Crippen molar-refractivity contribution >= 4 is 6.29 Å². The van der Waals surface area contributed by atoms with E-state index in [9.17, 15) is 4.79 Å². The molecule has 1 aromatic heterocycles.